The van der Waals surface area contributed by atoms with Crippen molar-refractivity contribution in [2.75, 3.05) is 4.90 Å². The van der Waals surface area contributed by atoms with Crippen molar-refractivity contribution < 1.29 is 0 Å². The van der Waals surface area contributed by atoms with Crippen LogP contribution < -0.4 is 4.90 Å². The number of hydrogen-bond donors (Lipinski definition) is 0. The zero-order valence-electron chi connectivity index (χ0n) is 35.4. The van der Waals surface area contributed by atoms with E-state index in [0.717, 1.165) is 11.4 Å². The first-order valence-corrected chi connectivity index (χ1v) is 23.1. The molecule has 3 heterocycles. The highest BCUT2D eigenvalue weighted by molar-refractivity contribution is 7.26. The Bertz CT molecular complexity index is 3890. The normalized spacial score (nSPS) is 13.3. The van der Waals surface area contributed by atoms with Crippen molar-refractivity contribution in [2.24, 2.45) is 0 Å². The third-order valence-corrected chi connectivity index (χ3v) is 15.4. The number of benzene rings is 10. The Morgan fingerprint density at radius 2 is 1.09 bits per heavy atom. The summed E-state index contributed by atoms with van der Waals surface area (Å²) in [4.78, 5) is 2.48. The van der Waals surface area contributed by atoms with Gasteiger partial charge in [-0.05, 0) is 130 Å². The molecule has 0 fully saturated rings. The number of thiophene rings is 1. The van der Waals surface area contributed by atoms with Crippen molar-refractivity contribution in [3.05, 3.63) is 240 Å². The lowest BCUT2D eigenvalue weighted by Gasteiger charge is -2.40. The molecule has 0 bridgehead atoms. The fraction of sp³-hybridized carbons (Fsp3) is 0.0492. The Labute approximate surface area is 375 Å². The van der Waals surface area contributed by atoms with Crippen molar-refractivity contribution in [1.29, 1.82) is 0 Å². The molecule has 0 unspecified atom stereocenters. The first-order valence-electron chi connectivity index (χ1n) is 22.2. The minimum atomic E-state index is -0.505. The molecule has 12 aromatic rings. The first-order chi connectivity index (χ1) is 31.6. The second kappa shape index (κ2) is 13.2. The van der Waals surface area contributed by atoms with E-state index in [-0.39, 0.29) is 0 Å². The van der Waals surface area contributed by atoms with E-state index in [4.69, 9.17) is 0 Å². The van der Waals surface area contributed by atoms with Gasteiger partial charge >= 0.3 is 0 Å². The van der Waals surface area contributed by atoms with Gasteiger partial charge < -0.3 is 9.47 Å². The van der Waals surface area contributed by atoms with Crippen LogP contribution in [0.3, 0.4) is 0 Å². The van der Waals surface area contributed by atoms with Crippen LogP contribution in [0.2, 0.25) is 0 Å². The summed E-state index contributed by atoms with van der Waals surface area (Å²) in [6, 6.07) is 77.7. The van der Waals surface area contributed by atoms with E-state index in [9.17, 15) is 0 Å². The molecule has 14 rings (SSSR count). The maximum Gasteiger partial charge on any atom is 0.0754 e. The molecule has 300 valence electrons. The Hall–Kier alpha value is -7.72. The highest BCUT2D eigenvalue weighted by Gasteiger charge is 2.51. The van der Waals surface area contributed by atoms with Gasteiger partial charge in [-0.1, -0.05) is 151 Å². The van der Waals surface area contributed by atoms with Crippen molar-refractivity contribution in [1.82, 2.24) is 4.57 Å². The van der Waals surface area contributed by atoms with Crippen LogP contribution in [0.25, 0.3) is 80.7 Å². The van der Waals surface area contributed by atoms with Gasteiger partial charge in [-0.2, -0.15) is 0 Å². The number of aryl methyl sites for hydroxylation is 2. The van der Waals surface area contributed by atoms with Crippen LogP contribution in [-0.2, 0) is 5.41 Å². The van der Waals surface area contributed by atoms with E-state index in [1.807, 2.05) is 11.3 Å². The zero-order valence-corrected chi connectivity index (χ0v) is 36.2. The van der Waals surface area contributed by atoms with Gasteiger partial charge in [-0.25, -0.2) is 0 Å². The van der Waals surface area contributed by atoms with E-state index in [2.05, 4.69) is 230 Å². The molecule has 2 aliphatic rings. The van der Waals surface area contributed by atoms with Crippen molar-refractivity contribution in [2.45, 2.75) is 19.3 Å². The average molecular weight is 833 g/mol. The molecular weight excluding hydrogens is 793 g/mol. The van der Waals surface area contributed by atoms with Crippen LogP contribution in [0, 0.1) is 13.8 Å². The molecule has 1 aliphatic carbocycles. The average Bonchev–Trinajstić information content (AvgIpc) is 3.98. The molecule has 0 saturated heterocycles. The third kappa shape index (κ3) is 4.74. The molecule has 10 aromatic carbocycles. The molecule has 2 nitrogen and oxygen atoms in total. The lowest BCUT2D eigenvalue weighted by Crippen LogP contribution is -2.33. The fourth-order valence-corrected chi connectivity index (χ4v) is 12.8. The van der Waals surface area contributed by atoms with Gasteiger partial charge in [0.05, 0.1) is 33.5 Å². The van der Waals surface area contributed by atoms with Gasteiger partial charge in [0.1, 0.15) is 0 Å². The topological polar surface area (TPSA) is 8.17 Å². The van der Waals surface area contributed by atoms with Crippen LogP contribution in [-0.4, -0.2) is 4.57 Å². The standard InChI is InChI=1S/C61H40N2S/c1-37-25-31-54-47(33-37)48-34-38(2)35-52-60(48)63(54)55-32-28-41(36-51(55)61(52)49-19-8-5-16-44(49)45-17-6-9-20-50(45)61)39-26-29-42(30-27-39)62(53-21-11-14-40-13-3-4-15-43(40)53)56-22-12-24-58-59(56)46-18-7-10-23-57(46)64-58/h3-36H,1-2H3. The minimum Gasteiger partial charge on any atom is -0.309 e. The summed E-state index contributed by atoms with van der Waals surface area (Å²) in [5.41, 5.74) is 19.7. The van der Waals surface area contributed by atoms with Gasteiger partial charge in [0.15, 0.2) is 0 Å². The van der Waals surface area contributed by atoms with E-state index >= 15 is 0 Å². The quantitative estimate of drug-likeness (QED) is 0.171. The lowest BCUT2D eigenvalue weighted by atomic mass is 9.65. The molecule has 3 heteroatoms. The number of fused-ring (bicyclic) bond motifs is 16. The second-order valence-corrected chi connectivity index (χ2v) is 18.9. The van der Waals surface area contributed by atoms with Gasteiger partial charge in [-0.3, -0.25) is 0 Å². The van der Waals surface area contributed by atoms with Crippen molar-refractivity contribution in [3.63, 3.8) is 0 Å². The minimum absolute atomic E-state index is 0.505. The molecular formula is C61H40N2S. The number of nitrogens with zero attached hydrogens (tertiary/aromatic N) is 2. The SMILES string of the molecule is Cc1ccc2c(c1)c1cc(C)cc3c1n2-c1ccc(-c2ccc(N(c4cccc5ccccc45)c4cccc5sc6ccccc6c45)cc2)cc1C31c2ccccc2-c2ccccc21. The van der Waals surface area contributed by atoms with Crippen molar-refractivity contribution in [3.8, 4) is 27.9 Å². The first kappa shape index (κ1) is 35.8. The van der Waals surface area contributed by atoms with E-state index in [0.29, 0.717) is 0 Å². The maximum absolute atomic E-state index is 2.56. The predicted octanol–water partition coefficient (Wildman–Crippen LogP) is 16.7. The molecule has 0 atom stereocenters. The Kier molecular flexibility index (Phi) is 7.36. The van der Waals surface area contributed by atoms with Crippen LogP contribution >= 0.6 is 11.3 Å². The number of rotatable bonds is 4. The van der Waals surface area contributed by atoms with Crippen LogP contribution in [0.15, 0.2) is 206 Å². The number of aromatic nitrogens is 1. The Morgan fingerprint density at radius 1 is 0.438 bits per heavy atom. The predicted molar refractivity (Wildman–Crippen MR) is 272 cm³/mol. The van der Waals surface area contributed by atoms with Gasteiger partial charge in [0, 0.05) is 42.0 Å². The fourth-order valence-electron chi connectivity index (χ4n) is 11.7. The summed E-state index contributed by atoms with van der Waals surface area (Å²) in [6.07, 6.45) is 0. The highest BCUT2D eigenvalue weighted by atomic mass is 32.1. The highest BCUT2D eigenvalue weighted by Crippen LogP contribution is 2.61. The van der Waals surface area contributed by atoms with Crippen LogP contribution in [0.4, 0.5) is 17.1 Å². The van der Waals surface area contributed by atoms with Crippen LogP contribution in [0.5, 0.6) is 0 Å². The molecule has 1 spiro atoms. The third-order valence-electron chi connectivity index (χ3n) is 14.2. The van der Waals surface area contributed by atoms with Gasteiger partial charge in [0.25, 0.3) is 0 Å². The Balaban J connectivity index is 1.01. The summed E-state index contributed by atoms with van der Waals surface area (Å²) in [5.74, 6) is 0. The summed E-state index contributed by atoms with van der Waals surface area (Å²) in [5, 5.41) is 7.65. The molecule has 1 aliphatic heterocycles. The molecule has 0 amide bonds. The molecule has 0 saturated carbocycles. The molecule has 2 aromatic heterocycles. The van der Waals surface area contributed by atoms with E-state index in [1.165, 1.54) is 120 Å². The van der Waals surface area contributed by atoms with Crippen LogP contribution in [0.1, 0.15) is 33.4 Å². The monoisotopic (exact) mass is 832 g/mol. The van der Waals surface area contributed by atoms with E-state index in [1.54, 1.807) is 0 Å². The Morgan fingerprint density at radius 3 is 1.92 bits per heavy atom. The second-order valence-electron chi connectivity index (χ2n) is 17.8. The lowest BCUT2D eigenvalue weighted by molar-refractivity contribution is 0.748. The summed E-state index contributed by atoms with van der Waals surface area (Å²) in [6.45, 7) is 4.48. The van der Waals surface area contributed by atoms with E-state index < -0.39 is 5.41 Å². The zero-order chi connectivity index (χ0) is 42.3. The molecule has 0 radical (unpaired) electrons. The van der Waals surface area contributed by atoms with Crippen molar-refractivity contribution >= 4 is 81.1 Å². The maximum atomic E-state index is 2.56. The summed E-state index contributed by atoms with van der Waals surface area (Å²) >= 11 is 1.87. The largest absolute Gasteiger partial charge is 0.309 e. The molecule has 64 heavy (non-hydrogen) atoms. The smallest absolute Gasteiger partial charge is 0.0754 e. The number of hydrogen-bond acceptors (Lipinski definition) is 2. The van der Waals surface area contributed by atoms with Gasteiger partial charge in [0.2, 0.25) is 0 Å². The number of anilines is 3. The van der Waals surface area contributed by atoms with Gasteiger partial charge in [-0.15, -0.1) is 11.3 Å². The molecule has 0 N–H and O–H groups in total. The summed E-state index contributed by atoms with van der Waals surface area (Å²) in [7, 11) is 0. The summed E-state index contributed by atoms with van der Waals surface area (Å²) < 4.78 is 5.16.